The van der Waals surface area contributed by atoms with Crippen LogP contribution in [0.25, 0.3) is 28.1 Å². The number of para-hydroxylation sites is 1. The van der Waals surface area contributed by atoms with Crippen LogP contribution in [0.5, 0.6) is 0 Å². The summed E-state index contributed by atoms with van der Waals surface area (Å²) in [6, 6.07) is 14.6. The lowest BCUT2D eigenvalue weighted by Crippen LogP contribution is -2.54. The molecule has 2 fully saturated rings. The largest absolute Gasteiger partial charge is 0.384 e. The van der Waals surface area contributed by atoms with Crippen molar-refractivity contribution in [3.8, 4) is 17.2 Å². The van der Waals surface area contributed by atoms with E-state index in [0.717, 1.165) is 52.1 Å². The Kier molecular flexibility index (Phi) is 6.71. The fourth-order valence-electron chi connectivity index (χ4n) is 5.10. The van der Waals surface area contributed by atoms with Gasteiger partial charge in [0, 0.05) is 49.7 Å². The van der Waals surface area contributed by atoms with Gasteiger partial charge in [-0.1, -0.05) is 24.8 Å². The first-order valence-corrected chi connectivity index (χ1v) is 12.5. The number of amides is 1. The molecule has 7 heteroatoms. The maximum Gasteiger partial charge on any atom is 0.225 e. The number of nitrogens with zero attached hydrogens (tertiary/aromatic N) is 5. The molecule has 0 radical (unpaired) electrons. The summed E-state index contributed by atoms with van der Waals surface area (Å²) in [4.78, 5) is 26.5. The number of nitriles is 1. The Bertz CT molecular complexity index is 1360. The average molecular weight is 482 g/mol. The van der Waals surface area contributed by atoms with Crippen molar-refractivity contribution in [2.75, 3.05) is 38.3 Å². The highest BCUT2D eigenvalue weighted by atomic mass is 16.5. The molecule has 1 atom stereocenters. The molecule has 1 saturated carbocycles. The van der Waals surface area contributed by atoms with E-state index in [9.17, 15) is 10.1 Å². The van der Waals surface area contributed by atoms with Crippen molar-refractivity contribution in [2.45, 2.75) is 38.1 Å². The normalized spacial score (nSPS) is 17.8. The van der Waals surface area contributed by atoms with Gasteiger partial charge in [0.25, 0.3) is 0 Å². The average Bonchev–Trinajstić information content (AvgIpc) is 3.75. The minimum Gasteiger partial charge on any atom is -0.384 e. The van der Waals surface area contributed by atoms with Gasteiger partial charge in [0.15, 0.2) is 0 Å². The summed E-state index contributed by atoms with van der Waals surface area (Å²) in [6.07, 6.45) is 4.34. The molecule has 2 aliphatic rings. The Morgan fingerprint density at radius 2 is 2.03 bits per heavy atom. The van der Waals surface area contributed by atoms with Crippen molar-refractivity contribution in [1.82, 2.24) is 14.9 Å². The number of ether oxygens (including phenoxy) is 1. The van der Waals surface area contributed by atoms with Crippen LogP contribution in [0.3, 0.4) is 0 Å². The third-order valence-corrected chi connectivity index (χ3v) is 7.12. The highest BCUT2D eigenvalue weighted by Crippen LogP contribution is 2.46. The van der Waals surface area contributed by atoms with Crippen molar-refractivity contribution in [3.05, 3.63) is 59.9 Å². The number of fused-ring (bicyclic) bond motifs is 1. The van der Waals surface area contributed by atoms with Gasteiger partial charge in [-0.05, 0) is 49.6 Å². The monoisotopic (exact) mass is 481 g/mol. The number of benzene rings is 1. The lowest BCUT2D eigenvalue weighted by molar-refractivity contribution is -0.134. The smallest absolute Gasteiger partial charge is 0.225 e. The summed E-state index contributed by atoms with van der Waals surface area (Å²) in [6.45, 7) is 8.29. The number of anilines is 1. The second-order valence-corrected chi connectivity index (χ2v) is 9.62. The van der Waals surface area contributed by atoms with Gasteiger partial charge < -0.3 is 14.5 Å². The van der Waals surface area contributed by atoms with Crippen molar-refractivity contribution >= 4 is 28.7 Å². The Balaban J connectivity index is 1.54. The standard InChI is InChI=1S/C29H31N5O2/c1-4-22-16-24(23-7-5-6-8-26(23)31-22)25-15-21(17-30)29(32-28(25)20-9-10-20)33-12-13-34(19(2)18-33)27(35)11-14-36-3/h4-8,15-16,19-20H,1,9-14,18H2,2-3H3. The Labute approximate surface area is 212 Å². The first-order chi connectivity index (χ1) is 17.5. The van der Waals surface area contributed by atoms with Crippen LogP contribution in [0.1, 0.15) is 49.1 Å². The Morgan fingerprint density at radius 1 is 1.22 bits per heavy atom. The van der Waals surface area contributed by atoms with E-state index in [4.69, 9.17) is 14.7 Å². The van der Waals surface area contributed by atoms with E-state index in [0.29, 0.717) is 44.1 Å². The van der Waals surface area contributed by atoms with Gasteiger partial charge in [-0.3, -0.25) is 4.79 Å². The van der Waals surface area contributed by atoms with Gasteiger partial charge in [-0.15, -0.1) is 0 Å². The third-order valence-electron chi connectivity index (χ3n) is 7.12. The van der Waals surface area contributed by atoms with E-state index < -0.39 is 0 Å². The molecule has 0 spiro atoms. The molecular weight excluding hydrogens is 450 g/mol. The molecule has 1 aliphatic heterocycles. The lowest BCUT2D eigenvalue weighted by Gasteiger charge is -2.41. The van der Waals surface area contributed by atoms with Crippen LogP contribution in [0.4, 0.5) is 5.82 Å². The summed E-state index contributed by atoms with van der Waals surface area (Å²) < 4.78 is 5.08. The van der Waals surface area contributed by atoms with Crippen LogP contribution in [0.15, 0.2) is 43.0 Å². The van der Waals surface area contributed by atoms with Crippen LogP contribution in [0, 0.1) is 11.3 Å². The van der Waals surface area contributed by atoms with Gasteiger partial charge >= 0.3 is 0 Å². The topological polar surface area (TPSA) is 82.4 Å². The summed E-state index contributed by atoms with van der Waals surface area (Å²) in [5.74, 6) is 1.22. The highest BCUT2D eigenvalue weighted by Gasteiger charge is 2.33. The summed E-state index contributed by atoms with van der Waals surface area (Å²) in [5.41, 5.74) is 5.34. The number of rotatable bonds is 7. The molecule has 7 nitrogen and oxygen atoms in total. The third kappa shape index (κ3) is 4.57. The lowest BCUT2D eigenvalue weighted by atomic mass is 9.95. The molecule has 1 unspecified atom stereocenters. The second kappa shape index (κ2) is 10.1. The van der Waals surface area contributed by atoms with Gasteiger partial charge in [-0.25, -0.2) is 9.97 Å². The Morgan fingerprint density at radius 3 is 2.72 bits per heavy atom. The minimum atomic E-state index is 0.0276. The molecule has 3 heterocycles. The molecule has 0 bridgehead atoms. The highest BCUT2D eigenvalue weighted by molar-refractivity contribution is 5.96. The zero-order chi connectivity index (χ0) is 25.2. The molecule has 2 aromatic heterocycles. The van der Waals surface area contributed by atoms with E-state index in [1.165, 1.54) is 0 Å². The predicted molar refractivity (Wildman–Crippen MR) is 142 cm³/mol. The Hall–Kier alpha value is -3.76. The fraction of sp³-hybridized carbons (Fsp3) is 0.379. The van der Waals surface area contributed by atoms with Crippen LogP contribution in [-0.2, 0) is 9.53 Å². The van der Waals surface area contributed by atoms with Crippen LogP contribution < -0.4 is 4.90 Å². The van der Waals surface area contributed by atoms with Gasteiger partial charge in [0.2, 0.25) is 5.91 Å². The van der Waals surface area contributed by atoms with Crippen molar-refractivity contribution in [1.29, 1.82) is 5.26 Å². The molecule has 3 aromatic rings. The molecule has 5 rings (SSSR count). The second-order valence-electron chi connectivity index (χ2n) is 9.62. The molecule has 1 aromatic carbocycles. The molecule has 1 aliphatic carbocycles. The minimum absolute atomic E-state index is 0.0276. The molecule has 184 valence electrons. The van der Waals surface area contributed by atoms with Crippen LogP contribution in [-0.4, -0.2) is 60.2 Å². The SMILES string of the molecule is C=Cc1cc(-c2cc(C#N)c(N3CCN(C(=O)CCOC)C(C)C3)nc2C2CC2)c2ccccc2n1. The summed E-state index contributed by atoms with van der Waals surface area (Å²) >= 11 is 0. The predicted octanol–water partition coefficient (Wildman–Crippen LogP) is 4.76. The number of carbonyl (C=O) groups is 1. The number of carbonyl (C=O) groups excluding carboxylic acids is 1. The molecule has 36 heavy (non-hydrogen) atoms. The number of piperazine rings is 1. The van der Waals surface area contributed by atoms with Crippen molar-refractivity contribution in [3.63, 3.8) is 0 Å². The van der Waals surface area contributed by atoms with Crippen molar-refractivity contribution in [2.24, 2.45) is 0 Å². The van der Waals surface area contributed by atoms with Gasteiger partial charge in [0.05, 0.1) is 35.5 Å². The summed E-state index contributed by atoms with van der Waals surface area (Å²) in [5, 5.41) is 11.2. The maximum atomic E-state index is 12.6. The van der Waals surface area contributed by atoms with Crippen LogP contribution in [0.2, 0.25) is 0 Å². The molecular formula is C29H31N5O2. The zero-order valence-corrected chi connectivity index (χ0v) is 20.9. The van der Waals surface area contributed by atoms with Crippen molar-refractivity contribution < 1.29 is 9.53 Å². The quantitative estimate of drug-likeness (QED) is 0.484. The summed E-state index contributed by atoms with van der Waals surface area (Å²) in [7, 11) is 1.61. The first-order valence-electron chi connectivity index (χ1n) is 12.5. The van der Waals surface area contributed by atoms with Crippen LogP contribution >= 0.6 is 0 Å². The fourth-order valence-corrected chi connectivity index (χ4v) is 5.10. The first kappa shape index (κ1) is 24.0. The number of hydrogen-bond donors (Lipinski definition) is 0. The van der Waals surface area contributed by atoms with Gasteiger partial charge in [-0.2, -0.15) is 5.26 Å². The maximum absolute atomic E-state index is 12.6. The van der Waals surface area contributed by atoms with E-state index >= 15 is 0 Å². The number of hydrogen-bond acceptors (Lipinski definition) is 6. The number of aromatic nitrogens is 2. The zero-order valence-electron chi connectivity index (χ0n) is 20.9. The van der Waals surface area contributed by atoms with Gasteiger partial charge in [0.1, 0.15) is 11.9 Å². The van der Waals surface area contributed by atoms with E-state index in [1.54, 1.807) is 13.2 Å². The molecule has 1 amide bonds. The van der Waals surface area contributed by atoms with E-state index in [-0.39, 0.29) is 11.9 Å². The van der Waals surface area contributed by atoms with E-state index in [1.807, 2.05) is 35.2 Å². The van der Waals surface area contributed by atoms with E-state index in [2.05, 4.69) is 30.5 Å². The molecule has 0 N–H and O–H groups in total. The molecule has 1 saturated heterocycles. The number of pyridine rings is 2. The number of methoxy groups -OCH3 is 1.